The van der Waals surface area contributed by atoms with E-state index in [0.29, 0.717) is 45.1 Å². The predicted molar refractivity (Wildman–Crippen MR) is 116 cm³/mol. The van der Waals surface area contributed by atoms with E-state index in [1.54, 1.807) is 15.8 Å². The Morgan fingerprint density at radius 2 is 1.81 bits per heavy atom. The fourth-order valence-electron chi connectivity index (χ4n) is 4.61. The van der Waals surface area contributed by atoms with Gasteiger partial charge in [-0.05, 0) is 24.8 Å². The maximum Gasteiger partial charge on any atom is 0.276 e. The topological polar surface area (TPSA) is 89.3 Å². The zero-order valence-corrected chi connectivity index (χ0v) is 18.0. The molecule has 0 bridgehead atoms. The first kappa shape index (κ1) is 21.5. The van der Waals surface area contributed by atoms with E-state index >= 15 is 0 Å². The number of carbonyl (C=O) groups excluding carboxylic acids is 2. The number of aryl methyl sites for hydroxylation is 1. The Labute approximate surface area is 182 Å². The Morgan fingerprint density at radius 1 is 1.06 bits per heavy atom. The number of carbonyl (C=O) groups is 2. The molecule has 8 nitrogen and oxygen atoms in total. The van der Waals surface area contributed by atoms with Crippen molar-refractivity contribution in [1.29, 1.82) is 0 Å². The molecule has 0 atom stereocenters. The van der Waals surface area contributed by atoms with E-state index in [0.717, 1.165) is 37.7 Å². The summed E-state index contributed by atoms with van der Waals surface area (Å²) in [5, 5.41) is 11.3. The zero-order valence-electron chi connectivity index (χ0n) is 18.0. The van der Waals surface area contributed by atoms with Crippen LogP contribution in [0.3, 0.4) is 0 Å². The number of nitrogens with one attached hydrogen (secondary N) is 1. The number of aromatic nitrogens is 3. The van der Waals surface area contributed by atoms with Gasteiger partial charge in [0.05, 0.1) is 24.8 Å². The van der Waals surface area contributed by atoms with Crippen LogP contribution < -0.4 is 5.32 Å². The molecule has 2 fully saturated rings. The van der Waals surface area contributed by atoms with Crippen LogP contribution in [0.4, 0.5) is 0 Å². The fourth-order valence-corrected chi connectivity index (χ4v) is 4.61. The number of benzene rings is 1. The van der Waals surface area contributed by atoms with Gasteiger partial charge in [-0.15, -0.1) is 5.10 Å². The number of nitrogens with zero attached hydrogens (tertiary/aromatic N) is 4. The smallest absolute Gasteiger partial charge is 0.276 e. The number of rotatable bonds is 7. The van der Waals surface area contributed by atoms with Crippen molar-refractivity contribution in [2.45, 2.75) is 50.5 Å². The maximum atomic E-state index is 13.2. The summed E-state index contributed by atoms with van der Waals surface area (Å²) in [6.45, 7) is 3.46. The lowest BCUT2D eigenvalue weighted by Crippen LogP contribution is -2.46. The molecule has 8 heteroatoms. The number of amides is 2. The summed E-state index contributed by atoms with van der Waals surface area (Å²) in [7, 11) is 0. The van der Waals surface area contributed by atoms with Crippen LogP contribution in [0.2, 0.25) is 0 Å². The SMILES string of the molecule is O=C(c1cn(CCCNC(=O)C2(c3ccccc3)CCCCC2)nn1)N1CCOCC1. The summed E-state index contributed by atoms with van der Waals surface area (Å²) in [5.74, 6) is 0.0186. The van der Waals surface area contributed by atoms with Crippen LogP contribution in [0.25, 0.3) is 0 Å². The Hall–Kier alpha value is -2.74. The quantitative estimate of drug-likeness (QED) is 0.687. The molecular weight excluding hydrogens is 394 g/mol. The van der Waals surface area contributed by atoms with Crippen molar-refractivity contribution in [2.24, 2.45) is 0 Å². The summed E-state index contributed by atoms with van der Waals surface area (Å²) in [6.07, 6.45) is 7.58. The first-order valence-electron chi connectivity index (χ1n) is 11.3. The standard InChI is InChI=1S/C23H31N5O3/c29-21(27-14-16-31-17-15-27)20-18-28(26-25-20)13-7-12-24-22(30)23(10-5-2-6-11-23)19-8-3-1-4-9-19/h1,3-4,8-9,18H,2,5-7,10-17H2,(H,24,30). The molecule has 1 aromatic heterocycles. The lowest BCUT2D eigenvalue weighted by molar-refractivity contribution is -0.128. The second kappa shape index (κ2) is 10.0. The molecule has 1 saturated heterocycles. The molecule has 0 radical (unpaired) electrons. The van der Waals surface area contributed by atoms with E-state index in [-0.39, 0.29) is 11.8 Å². The molecule has 166 valence electrons. The lowest BCUT2D eigenvalue weighted by atomic mass is 9.68. The summed E-state index contributed by atoms with van der Waals surface area (Å²) >= 11 is 0. The van der Waals surface area contributed by atoms with Gasteiger partial charge in [-0.3, -0.25) is 14.3 Å². The fraction of sp³-hybridized carbons (Fsp3) is 0.565. The molecule has 1 N–H and O–H groups in total. The van der Waals surface area contributed by atoms with Crippen LogP contribution in [0.15, 0.2) is 36.5 Å². The summed E-state index contributed by atoms with van der Waals surface area (Å²) in [5.41, 5.74) is 1.07. The van der Waals surface area contributed by atoms with Crippen LogP contribution in [-0.2, 0) is 21.5 Å². The molecule has 2 amide bonds. The van der Waals surface area contributed by atoms with Crippen LogP contribution in [0, 0.1) is 0 Å². The highest BCUT2D eigenvalue weighted by atomic mass is 16.5. The van der Waals surface area contributed by atoms with Gasteiger partial charge in [-0.1, -0.05) is 54.8 Å². The Kier molecular flexibility index (Phi) is 6.96. The molecular formula is C23H31N5O3. The van der Waals surface area contributed by atoms with Crippen molar-refractivity contribution in [3.63, 3.8) is 0 Å². The lowest BCUT2D eigenvalue weighted by Gasteiger charge is -2.36. The second-order valence-electron chi connectivity index (χ2n) is 8.39. The van der Waals surface area contributed by atoms with E-state index in [2.05, 4.69) is 27.8 Å². The van der Waals surface area contributed by atoms with Gasteiger partial charge in [0.25, 0.3) is 5.91 Å². The molecule has 2 aromatic rings. The van der Waals surface area contributed by atoms with Crippen molar-refractivity contribution >= 4 is 11.8 Å². The number of hydrogen-bond donors (Lipinski definition) is 1. The Balaban J connectivity index is 1.29. The molecule has 1 aliphatic carbocycles. The highest BCUT2D eigenvalue weighted by molar-refractivity contribution is 5.92. The van der Waals surface area contributed by atoms with Crippen molar-refractivity contribution < 1.29 is 14.3 Å². The molecule has 31 heavy (non-hydrogen) atoms. The van der Waals surface area contributed by atoms with E-state index < -0.39 is 5.41 Å². The van der Waals surface area contributed by atoms with Gasteiger partial charge < -0.3 is 15.0 Å². The van der Waals surface area contributed by atoms with E-state index in [1.165, 1.54) is 6.42 Å². The average molecular weight is 426 g/mol. The molecule has 2 heterocycles. The third kappa shape index (κ3) is 4.95. The van der Waals surface area contributed by atoms with Gasteiger partial charge in [-0.25, -0.2) is 0 Å². The first-order valence-corrected chi connectivity index (χ1v) is 11.3. The number of morpholine rings is 1. The number of hydrogen-bond acceptors (Lipinski definition) is 5. The Bertz CT molecular complexity index is 870. The van der Waals surface area contributed by atoms with E-state index in [9.17, 15) is 9.59 Å². The van der Waals surface area contributed by atoms with Gasteiger partial charge in [0.1, 0.15) is 0 Å². The zero-order chi connectivity index (χ0) is 21.5. The average Bonchev–Trinajstić information content (AvgIpc) is 3.31. The highest BCUT2D eigenvalue weighted by Gasteiger charge is 2.40. The van der Waals surface area contributed by atoms with Crippen LogP contribution in [0.5, 0.6) is 0 Å². The van der Waals surface area contributed by atoms with Crippen LogP contribution >= 0.6 is 0 Å². The van der Waals surface area contributed by atoms with Crippen molar-refractivity contribution in [2.75, 3.05) is 32.8 Å². The minimum Gasteiger partial charge on any atom is -0.378 e. The molecule has 0 spiro atoms. The van der Waals surface area contributed by atoms with E-state index in [1.807, 2.05) is 18.2 Å². The number of ether oxygens (including phenoxy) is 1. The van der Waals surface area contributed by atoms with Gasteiger partial charge in [-0.2, -0.15) is 0 Å². The van der Waals surface area contributed by atoms with Gasteiger partial charge >= 0.3 is 0 Å². The minimum atomic E-state index is -0.412. The molecule has 1 saturated carbocycles. The van der Waals surface area contributed by atoms with Gasteiger partial charge in [0, 0.05) is 26.2 Å². The van der Waals surface area contributed by atoms with Crippen molar-refractivity contribution in [3.05, 3.63) is 47.8 Å². The van der Waals surface area contributed by atoms with Crippen molar-refractivity contribution in [1.82, 2.24) is 25.2 Å². The molecule has 1 aliphatic heterocycles. The molecule has 1 aromatic carbocycles. The molecule has 4 rings (SSSR count). The summed E-state index contributed by atoms with van der Waals surface area (Å²) < 4.78 is 6.96. The largest absolute Gasteiger partial charge is 0.378 e. The van der Waals surface area contributed by atoms with Gasteiger partial charge in [0.15, 0.2) is 5.69 Å². The monoisotopic (exact) mass is 425 g/mol. The highest BCUT2D eigenvalue weighted by Crippen LogP contribution is 2.39. The Morgan fingerprint density at radius 3 is 2.55 bits per heavy atom. The summed E-state index contributed by atoms with van der Waals surface area (Å²) in [6, 6.07) is 10.2. The van der Waals surface area contributed by atoms with Crippen LogP contribution in [0.1, 0.15) is 54.6 Å². The van der Waals surface area contributed by atoms with Crippen molar-refractivity contribution in [3.8, 4) is 0 Å². The maximum absolute atomic E-state index is 13.2. The summed E-state index contributed by atoms with van der Waals surface area (Å²) in [4.78, 5) is 27.4. The minimum absolute atomic E-state index is 0.107. The van der Waals surface area contributed by atoms with E-state index in [4.69, 9.17) is 4.74 Å². The molecule has 2 aliphatic rings. The molecule has 0 unspecified atom stereocenters. The third-order valence-electron chi connectivity index (χ3n) is 6.37. The van der Waals surface area contributed by atoms with Gasteiger partial charge in [0.2, 0.25) is 5.91 Å². The second-order valence-corrected chi connectivity index (χ2v) is 8.39. The van der Waals surface area contributed by atoms with Crippen LogP contribution in [-0.4, -0.2) is 64.6 Å². The third-order valence-corrected chi connectivity index (χ3v) is 6.37. The normalized spacial score (nSPS) is 18.5. The first-order chi connectivity index (χ1) is 15.2. The predicted octanol–water partition coefficient (Wildman–Crippen LogP) is 2.16.